The van der Waals surface area contributed by atoms with Crippen LogP contribution in [0.3, 0.4) is 0 Å². The van der Waals surface area contributed by atoms with E-state index >= 15 is 0 Å². The largest absolute Gasteiger partial charge is 0.366 e. The molecule has 0 bridgehead atoms. The van der Waals surface area contributed by atoms with E-state index in [1.54, 1.807) is 41.2 Å². The van der Waals surface area contributed by atoms with Crippen molar-refractivity contribution in [2.24, 2.45) is 11.5 Å². The Bertz CT molecular complexity index is 638. The topological polar surface area (TPSA) is 90.1 Å². The number of hydrogen-bond donors (Lipinski definition) is 2. The van der Waals surface area contributed by atoms with Gasteiger partial charge in [-0.05, 0) is 12.1 Å². The fraction of sp³-hybridized carbons (Fsp3) is 0.0714. The zero-order valence-corrected chi connectivity index (χ0v) is 10.2. The molecule has 1 aromatic carbocycles. The number of hydrogen-bond acceptors (Lipinski definition) is 2. The number of nitrogens with two attached hydrogens (primary N) is 2. The van der Waals surface area contributed by atoms with Gasteiger partial charge in [0, 0.05) is 17.2 Å². The molecule has 0 fully saturated rings. The van der Waals surface area contributed by atoms with E-state index in [1.165, 1.54) is 0 Å². The van der Waals surface area contributed by atoms with E-state index in [0.29, 0.717) is 17.7 Å². The van der Waals surface area contributed by atoms with Crippen LogP contribution in [-0.4, -0.2) is 11.8 Å². The standard InChI is InChI=1S/C14H13N3O2/c15-13(18)11-5-3-7-17(9-11)8-10-4-1-2-6-12(10)14(16)19/h1-7,9H,8H2,(H3-,15,16,18,19)/p+1. The number of pyridine rings is 1. The highest BCUT2D eigenvalue weighted by Gasteiger charge is 2.12. The van der Waals surface area contributed by atoms with Crippen LogP contribution >= 0.6 is 0 Å². The van der Waals surface area contributed by atoms with E-state index in [0.717, 1.165) is 5.56 Å². The van der Waals surface area contributed by atoms with Crippen molar-refractivity contribution in [3.05, 3.63) is 65.5 Å². The third-order valence-electron chi connectivity index (χ3n) is 2.78. The normalized spacial score (nSPS) is 10.1. The van der Waals surface area contributed by atoms with Crippen molar-refractivity contribution in [3.8, 4) is 0 Å². The highest BCUT2D eigenvalue weighted by atomic mass is 16.1. The van der Waals surface area contributed by atoms with Crippen LogP contribution in [0, 0.1) is 0 Å². The first kappa shape index (κ1) is 12.8. The van der Waals surface area contributed by atoms with Gasteiger partial charge in [0.25, 0.3) is 5.91 Å². The van der Waals surface area contributed by atoms with Gasteiger partial charge in [-0.25, -0.2) is 0 Å². The number of nitrogens with zero attached hydrogens (tertiary/aromatic N) is 1. The average molecular weight is 256 g/mol. The summed E-state index contributed by atoms with van der Waals surface area (Å²) in [7, 11) is 0. The first-order valence-corrected chi connectivity index (χ1v) is 5.74. The minimum atomic E-state index is -0.488. The Labute approximate surface area is 110 Å². The van der Waals surface area contributed by atoms with Crippen LogP contribution in [0.4, 0.5) is 0 Å². The monoisotopic (exact) mass is 256 g/mol. The first-order valence-electron chi connectivity index (χ1n) is 5.74. The number of benzene rings is 1. The van der Waals surface area contributed by atoms with Crippen LogP contribution in [0.25, 0.3) is 0 Å². The van der Waals surface area contributed by atoms with Gasteiger partial charge < -0.3 is 11.5 Å². The highest BCUT2D eigenvalue weighted by molar-refractivity contribution is 5.94. The van der Waals surface area contributed by atoms with Crippen LogP contribution in [0.1, 0.15) is 26.3 Å². The molecule has 0 aliphatic rings. The number of primary amides is 2. The highest BCUT2D eigenvalue weighted by Crippen LogP contribution is 2.07. The van der Waals surface area contributed by atoms with Gasteiger partial charge in [-0.15, -0.1) is 0 Å². The Morgan fingerprint density at radius 3 is 2.42 bits per heavy atom. The van der Waals surface area contributed by atoms with Crippen molar-refractivity contribution < 1.29 is 14.2 Å². The summed E-state index contributed by atoms with van der Waals surface area (Å²) in [6.07, 6.45) is 3.43. The van der Waals surface area contributed by atoms with Crippen LogP contribution in [0.5, 0.6) is 0 Å². The molecule has 5 heteroatoms. The Morgan fingerprint density at radius 1 is 1.00 bits per heavy atom. The van der Waals surface area contributed by atoms with E-state index in [9.17, 15) is 9.59 Å². The summed E-state index contributed by atoms with van der Waals surface area (Å²) >= 11 is 0. The molecule has 5 nitrogen and oxygen atoms in total. The second kappa shape index (κ2) is 5.30. The lowest BCUT2D eigenvalue weighted by atomic mass is 10.1. The smallest absolute Gasteiger partial charge is 0.254 e. The molecule has 4 N–H and O–H groups in total. The predicted molar refractivity (Wildman–Crippen MR) is 69.2 cm³/mol. The maximum absolute atomic E-state index is 11.3. The number of amides is 2. The zero-order chi connectivity index (χ0) is 13.8. The van der Waals surface area contributed by atoms with E-state index in [-0.39, 0.29) is 0 Å². The molecule has 0 aliphatic carbocycles. The van der Waals surface area contributed by atoms with Crippen molar-refractivity contribution >= 4 is 11.8 Å². The third-order valence-corrected chi connectivity index (χ3v) is 2.78. The van der Waals surface area contributed by atoms with Crippen molar-refractivity contribution in [3.63, 3.8) is 0 Å². The fourth-order valence-corrected chi connectivity index (χ4v) is 1.86. The van der Waals surface area contributed by atoms with Crippen LogP contribution in [0.2, 0.25) is 0 Å². The fourth-order valence-electron chi connectivity index (χ4n) is 1.86. The molecule has 96 valence electrons. The first-order chi connectivity index (χ1) is 9.08. The number of carbonyl (C=O) groups excluding carboxylic acids is 2. The van der Waals surface area contributed by atoms with Gasteiger partial charge in [-0.3, -0.25) is 9.59 Å². The van der Waals surface area contributed by atoms with E-state index in [2.05, 4.69) is 0 Å². The molecule has 0 unspecified atom stereocenters. The minimum absolute atomic E-state index is 0.416. The Kier molecular flexibility index (Phi) is 3.56. The summed E-state index contributed by atoms with van der Waals surface area (Å²) in [5.41, 5.74) is 12.2. The SMILES string of the molecule is NC(=O)c1ccc[n+](Cc2ccccc2C(N)=O)c1. The molecule has 0 spiro atoms. The molecule has 0 saturated heterocycles. The minimum Gasteiger partial charge on any atom is -0.366 e. The van der Waals surface area contributed by atoms with Gasteiger partial charge in [-0.1, -0.05) is 18.2 Å². The van der Waals surface area contributed by atoms with Crippen LogP contribution in [0.15, 0.2) is 48.8 Å². The van der Waals surface area contributed by atoms with Gasteiger partial charge in [0.15, 0.2) is 18.9 Å². The molecule has 0 radical (unpaired) electrons. The molecule has 0 saturated carbocycles. The molecule has 2 rings (SSSR count). The molecule has 2 amide bonds. The molecule has 19 heavy (non-hydrogen) atoms. The summed E-state index contributed by atoms with van der Waals surface area (Å²) in [5.74, 6) is -0.959. The van der Waals surface area contributed by atoms with E-state index in [1.807, 2.05) is 12.1 Å². The number of aromatic nitrogens is 1. The van der Waals surface area contributed by atoms with E-state index < -0.39 is 11.8 Å². The molecule has 2 aromatic rings. The van der Waals surface area contributed by atoms with Crippen LogP contribution in [-0.2, 0) is 6.54 Å². The lowest BCUT2D eigenvalue weighted by Crippen LogP contribution is -2.36. The molecule has 0 aliphatic heterocycles. The van der Waals surface area contributed by atoms with Crippen molar-refractivity contribution in [1.82, 2.24) is 0 Å². The van der Waals surface area contributed by atoms with Gasteiger partial charge in [0.1, 0.15) is 5.56 Å². The maximum Gasteiger partial charge on any atom is 0.254 e. The van der Waals surface area contributed by atoms with Gasteiger partial charge in [0.2, 0.25) is 5.91 Å². The number of rotatable bonds is 4. The van der Waals surface area contributed by atoms with Crippen molar-refractivity contribution in [2.45, 2.75) is 6.54 Å². The Morgan fingerprint density at radius 2 is 1.74 bits per heavy atom. The summed E-state index contributed by atoms with van der Waals surface area (Å²) in [6.45, 7) is 0.445. The Balaban J connectivity index is 2.34. The summed E-state index contributed by atoms with van der Waals surface area (Å²) in [5, 5.41) is 0. The molecular weight excluding hydrogens is 242 g/mol. The second-order valence-electron chi connectivity index (χ2n) is 4.15. The summed E-state index contributed by atoms with van der Waals surface area (Å²) in [6, 6.07) is 10.5. The molecular formula is C14H14N3O2+. The lowest BCUT2D eigenvalue weighted by molar-refractivity contribution is -0.688. The quantitative estimate of drug-likeness (QED) is 0.766. The van der Waals surface area contributed by atoms with Crippen LogP contribution < -0.4 is 16.0 Å². The summed E-state index contributed by atoms with van der Waals surface area (Å²) in [4.78, 5) is 22.4. The maximum atomic E-state index is 11.3. The molecule has 1 aromatic heterocycles. The summed E-state index contributed by atoms with van der Waals surface area (Å²) < 4.78 is 1.78. The average Bonchev–Trinajstić information content (AvgIpc) is 2.39. The zero-order valence-electron chi connectivity index (χ0n) is 10.2. The van der Waals surface area contributed by atoms with Crippen molar-refractivity contribution in [2.75, 3.05) is 0 Å². The lowest BCUT2D eigenvalue weighted by Gasteiger charge is -2.03. The van der Waals surface area contributed by atoms with Gasteiger partial charge >= 0.3 is 0 Å². The Hall–Kier alpha value is -2.69. The van der Waals surface area contributed by atoms with Gasteiger partial charge in [-0.2, -0.15) is 4.57 Å². The second-order valence-corrected chi connectivity index (χ2v) is 4.15. The predicted octanol–water partition coefficient (Wildman–Crippen LogP) is 0.220. The van der Waals surface area contributed by atoms with Crippen molar-refractivity contribution in [1.29, 1.82) is 0 Å². The molecule has 0 atom stereocenters. The molecule has 1 heterocycles. The van der Waals surface area contributed by atoms with Gasteiger partial charge in [0.05, 0.1) is 0 Å². The van der Waals surface area contributed by atoms with E-state index in [4.69, 9.17) is 11.5 Å². The number of carbonyl (C=O) groups is 2. The third kappa shape index (κ3) is 2.95.